The lowest BCUT2D eigenvalue weighted by molar-refractivity contribution is 0.0821. The summed E-state index contributed by atoms with van der Waals surface area (Å²) in [6.45, 7) is 13.8. The zero-order chi connectivity index (χ0) is 25.8. The number of aliphatic hydroxyl groups is 1. The van der Waals surface area contributed by atoms with E-state index in [9.17, 15) is 9.90 Å². The standard InChI is InChI=1S/C30H43N3O3/c1-6-23-17-33(18-24(23)13-21(4)20(2)3)30(35)31-12-11-25(34)19-32-16-22-14-27(28(32)15-22)26-9-7-8-10-29(26)36-5/h6-10,13,20,22,25,27-28,34H,1,11-12,14-19H2,2-5H3,(H,31,35)/b21-13-. The van der Waals surface area contributed by atoms with Crippen LogP contribution in [0.2, 0.25) is 0 Å². The lowest BCUT2D eigenvalue weighted by atomic mass is 9.89. The van der Waals surface area contributed by atoms with Gasteiger partial charge in [-0.3, -0.25) is 4.90 Å². The lowest BCUT2D eigenvalue weighted by Gasteiger charge is -2.35. The molecule has 4 unspecified atom stereocenters. The molecule has 1 aliphatic carbocycles. The number of fused-ring (bicyclic) bond motifs is 2. The smallest absolute Gasteiger partial charge is 0.318 e. The summed E-state index contributed by atoms with van der Waals surface area (Å²) in [5.41, 5.74) is 4.87. The monoisotopic (exact) mass is 493 g/mol. The maximum Gasteiger partial charge on any atom is 0.318 e. The third-order valence-corrected chi connectivity index (χ3v) is 8.31. The second kappa shape index (κ2) is 11.7. The van der Waals surface area contributed by atoms with Crippen LogP contribution in [0, 0.1) is 11.8 Å². The van der Waals surface area contributed by atoms with Gasteiger partial charge >= 0.3 is 6.03 Å². The van der Waals surface area contributed by atoms with E-state index in [2.05, 4.69) is 55.8 Å². The van der Waals surface area contributed by atoms with Crippen LogP contribution in [-0.2, 0) is 0 Å². The van der Waals surface area contributed by atoms with E-state index in [1.54, 1.807) is 7.11 Å². The van der Waals surface area contributed by atoms with Crippen molar-refractivity contribution in [2.75, 3.05) is 39.8 Å². The minimum Gasteiger partial charge on any atom is -0.496 e. The van der Waals surface area contributed by atoms with Gasteiger partial charge in [-0.05, 0) is 60.8 Å². The van der Waals surface area contributed by atoms with E-state index in [0.29, 0.717) is 56.4 Å². The molecular formula is C30H43N3O3. The average Bonchev–Trinajstić information content (AvgIpc) is 3.58. The maximum absolute atomic E-state index is 12.8. The molecule has 2 N–H and O–H groups in total. The van der Waals surface area contributed by atoms with Gasteiger partial charge in [0.05, 0.1) is 13.2 Å². The summed E-state index contributed by atoms with van der Waals surface area (Å²) in [5, 5.41) is 13.8. The summed E-state index contributed by atoms with van der Waals surface area (Å²) < 4.78 is 5.63. The first-order chi connectivity index (χ1) is 17.3. The Hall–Kier alpha value is -2.57. The highest BCUT2D eigenvalue weighted by Crippen LogP contribution is 2.49. The third-order valence-electron chi connectivity index (χ3n) is 8.31. The molecule has 2 aliphatic heterocycles. The molecule has 0 radical (unpaired) electrons. The van der Waals surface area contributed by atoms with Gasteiger partial charge in [-0.2, -0.15) is 0 Å². The second-order valence-electron chi connectivity index (χ2n) is 11.0. The predicted molar refractivity (Wildman–Crippen MR) is 145 cm³/mol. The van der Waals surface area contributed by atoms with Crippen molar-refractivity contribution >= 4 is 6.03 Å². The number of carbonyl (C=O) groups excluding carboxylic acids is 1. The van der Waals surface area contributed by atoms with Gasteiger partial charge in [-0.15, -0.1) is 0 Å². The van der Waals surface area contributed by atoms with Crippen molar-refractivity contribution in [3.8, 4) is 5.75 Å². The number of para-hydroxylation sites is 1. The molecule has 4 atom stereocenters. The largest absolute Gasteiger partial charge is 0.496 e. The van der Waals surface area contributed by atoms with Crippen LogP contribution >= 0.6 is 0 Å². The molecule has 1 aromatic rings. The Labute approximate surface area is 216 Å². The number of allylic oxidation sites excluding steroid dienone is 1. The molecule has 2 fully saturated rings. The third kappa shape index (κ3) is 5.87. The van der Waals surface area contributed by atoms with E-state index in [1.165, 1.54) is 29.6 Å². The van der Waals surface area contributed by atoms with Gasteiger partial charge in [0.1, 0.15) is 5.75 Å². The molecular weight excluding hydrogens is 450 g/mol. The van der Waals surface area contributed by atoms with Gasteiger partial charge in [0, 0.05) is 44.7 Å². The number of nitrogens with one attached hydrogen (secondary N) is 1. The highest BCUT2D eigenvalue weighted by molar-refractivity contribution is 5.76. The van der Waals surface area contributed by atoms with Gasteiger partial charge in [0.25, 0.3) is 0 Å². The van der Waals surface area contributed by atoms with Crippen LogP contribution in [0.4, 0.5) is 4.79 Å². The Morgan fingerprint density at radius 1 is 1.25 bits per heavy atom. The molecule has 2 amide bonds. The minimum absolute atomic E-state index is 0.0800. The quantitative estimate of drug-likeness (QED) is 0.494. The van der Waals surface area contributed by atoms with Gasteiger partial charge in [-0.1, -0.05) is 56.4 Å². The number of amides is 2. The van der Waals surface area contributed by atoms with E-state index >= 15 is 0 Å². The van der Waals surface area contributed by atoms with Crippen LogP contribution in [0.25, 0.3) is 0 Å². The molecule has 0 spiro atoms. The minimum atomic E-state index is -0.462. The molecule has 4 rings (SSSR count). The molecule has 1 saturated heterocycles. The van der Waals surface area contributed by atoms with E-state index in [-0.39, 0.29) is 6.03 Å². The first-order valence-corrected chi connectivity index (χ1v) is 13.4. The number of nitrogens with zero attached hydrogens (tertiary/aromatic N) is 2. The van der Waals surface area contributed by atoms with Crippen molar-refractivity contribution in [3.63, 3.8) is 0 Å². The Morgan fingerprint density at radius 3 is 2.69 bits per heavy atom. The number of rotatable bonds is 10. The van der Waals surface area contributed by atoms with Crippen LogP contribution in [0.1, 0.15) is 51.5 Å². The van der Waals surface area contributed by atoms with Crippen LogP contribution in [0.3, 0.4) is 0 Å². The maximum atomic E-state index is 12.8. The van der Waals surface area contributed by atoms with Gasteiger partial charge in [0.15, 0.2) is 0 Å². The van der Waals surface area contributed by atoms with E-state index in [4.69, 9.17) is 4.74 Å². The molecule has 6 heteroatoms. The number of hydrogen-bond donors (Lipinski definition) is 2. The topological polar surface area (TPSA) is 65.0 Å². The van der Waals surface area contributed by atoms with Crippen molar-refractivity contribution in [2.45, 2.75) is 58.1 Å². The summed E-state index contributed by atoms with van der Waals surface area (Å²) in [7, 11) is 1.74. The Morgan fingerprint density at radius 2 is 2.00 bits per heavy atom. The first-order valence-electron chi connectivity index (χ1n) is 13.4. The fourth-order valence-electron chi connectivity index (χ4n) is 6.06. The van der Waals surface area contributed by atoms with Crippen LogP contribution < -0.4 is 10.1 Å². The van der Waals surface area contributed by atoms with Crippen molar-refractivity contribution in [1.29, 1.82) is 0 Å². The number of benzene rings is 1. The molecule has 1 saturated carbocycles. The number of hydrogen-bond acceptors (Lipinski definition) is 4. The Bertz CT molecular complexity index is 1010. The van der Waals surface area contributed by atoms with Gasteiger partial charge in [-0.25, -0.2) is 4.79 Å². The van der Waals surface area contributed by atoms with Crippen molar-refractivity contribution in [3.05, 3.63) is 65.3 Å². The van der Waals surface area contributed by atoms with Crippen molar-refractivity contribution < 1.29 is 14.6 Å². The van der Waals surface area contributed by atoms with Crippen LogP contribution in [0.5, 0.6) is 5.75 Å². The van der Waals surface area contributed by atoms with E-state index in [0.717, 1.165) is 17.9 Å². The number of methoxy groups -OCH3 is 1. The lowest BCUT2D eigenvalue weighted by Crippen LogP contribution is -2.43. The average molecular weight is 494 g/mol. The number of urea groups is 1. The molecule has 2 bridgehead atoms. The molecule has 1 aromatic carbocycles. The number of carbonyl (C=O) groups is 1. The zero-order valence-corrected chi connectivity index (χ0v) is 22.4. The summed E-state index contributed by atoms with van der Waals surface area (Å²) in [5.74, 6) is 2.58. The van der Waals surface area contributed by atoms with E-state index < -0.39 is 6.10 Å². The SMILES string of the molecule is C=CC1=C(/C=C(/C)C(C)C)CN(C(=O)NCCC(O)CN2CC3CC(c4ccccc4OC)C2C3)C1. The molecule has 2 heterocycles. The van der Waals surface area contributed by atoms with E-state index in [1.807, 2.05) is 23.1 Å². The van der Waals surface area contributed by atoms with Crippen molar-refractivity contribution in [1.82, 2.24) is 15.1 Å². The molecule has 36 heavy (non-hydrogen) atoms. The Kier molecular flexibility index (Phi) is 8.58. The summed E-state index contributed by atoms with van der Waals surface area (Å²) in [6.07, 6.45) is 6.52. The predicted octanol–water partition coefficient (Wildman–Crippen LogP) is 4.73. The number of β-amino-alcohol motifs (C(OH)–C–C–N with tert-alkyl or cyclic N) is 1. The second-order valence-corrected chi connectivity index (χ2v) is 11.0. The van der Waals surface area contributed by atoms with Crippen LogP contribution in [0.15, 0.2) is 59.7 Å². The van der Waals surface area contributed by atoms with Crippen LogP contribution in [-0.4, -0.2) is 72.9 Å². The number of likely N-dealkylation sites (tertiary alicyclic amines) is 1. The molecule has 3 aliphatic rings. The highest BCUT2D eigenvalue weighted by Gasteiger charge is 2.46. The summed E-state index contributed by atoms with van der Waals surface area (Å²) in [6, 6.07) is 8.70. The molecule has 196 valence electrons. The summed E-state index contributed by atoms with van der Waals surface area (Å²) in [4.78, 5) is 17.1. The summed E-state index contributed by atoms with van der Waals surface area (Å²) >= 11 is 0. The zero-order valence-electron chi connectivity index (χ0n) is 22.4. The molecule has 6 nitrogen and oxygen atoms in total. The number of piperidine rings is 1. The highest BCUT2D eigenvalue weighted by atomic mass is 16.5. The number of aliphatic hydroxyl groups excluding tert-OH is 1. The fourth-order valence-corrected chi connectivity index (χ4v) is 6.06. The fraction of sp³-hybridized carbons (Fsp3) is 0.567. The Balaban J connectivity index is 1.24. The first kappa shape index (κ1) is 26.5. The van der Waals surface area contributed by atoms with Gasteiger partial charge in [0.2, 0.25) is 0 Å². The molecule has 0 aromatic heterocycles. The normalized spacial score (nSPS) is 25.1. The van der Waals surface area contributed by atoms with Gasteiger partial charge < -0.3 is 20.1 Å². The number of ether oxygens (including phenoxy) is 1. The van der Waals surface area contributed by atoms with Crippen molar-refractivity contribution in [2.24, 2.45) is 11.8 Å².